The van der Waals surface area contributed by atoms with Gasteiger partial charge in [0.05, 0.1) is 47.2 Å². The summed E-state index contributed by atoms with van der Waals surface area (Å²) in [4.78, 5) is 24.9. The molecule has 168 valence electrons. The number of carboxylic acids is 1. The molecule has 9 nitrogen and oxygen atoms in total. The largest absolute Gasteiger partial charge is 0.493 e. The van der Waals surface area contributed by atoms with E-state index in [0.717, 1.165) is 0 Å². The van der Waals surface area contributed by atoms with Crippen LogP contribution in [0.3, 0.4) is 0 Å². The van der Waals surface area contributed by atoms with E-state index >= 15 is 0 Å². The van der Waals surface area contributed by atoms with Gasteiger partial charge in [0.1, 0.15) is 5.56 Å². The van der Waals surface area contributed by atoms with Crippen molar-refractivity contribution in [3.8, 4) is 23.0 Å². The van der Waals surface area contributed by atoms with Crippen LogP contribution in [0, 0.1) is 0 Å². The van der Waals surface area contributed by atoms with E-state index in [-0.39, 0.29) is 17.2 Å². The zero-order chi connectivity index (χ0) is 22.8. The first kappa shape index (κ1) is 23.8. The molecule has 2 aromatic carbocycles. The molecule has 1 amide bonds. The molecular formula is C22H27NO8. The van der Waals surface area contributed by atoms with Crippen molar-refractivity contribution in [2.45, 2.75) is 0 Å². The molecule has 1 N–H and O–H groups in total. The highest BCUT2D eigenvalue weighted by molar-refractivity contribution is 5.98. The van der Waals surface area contributed by atoms with Crippen LogP contribution in [-0.4, -0.2) is 76.6 Å². The van der Waals surface area contributed by atoms with E-state index in [0.29, 0.717) is 49.1 Å². The van der Waals surface area contributed by atoms with E-state index in [1.165, 1.54) is 27.4 Å². The number of amides is 1. The first-order valence-electron chi connectivity index (χ1n) is 9.50. The Morgan fingerprint density at radius 2 is 1.29 bits per heavy atom. The number of para-hydroxylation sites is 2. The molecule has 9 heteroatoms. The number of hydrogen-bond donors (Lipinski definition) is 1. The highest BCUT2D eigenvalue weighted by atomic mass is 16.5. The summed E-state index contributed by atoms with van der Waals surface area (Å²) in [5.41, 5.74) is 0.626. The summed E-state index contributed by atoms with van der Waals surface area (Å²) in [6.07, 6.45) is 0. The maximum Gasteiger partial charge on any atom is 0.339 e. The van der Waals surface area contributed by atoms with Gasteiger partial charge in [-0.3, -0.25) is 4.79 Å². The number of rotatable bonds is 6. The number of benzene rings is 2. The smallest absolute Gasteiger partial charge is 0.339 e. The topological polar surface area (TPSA) is 104 Å². The number of hydrogen-bond acceptors (Lipinski definition) is 7. The van der Waals surface area contributed by atoms with E-state index in [1.807, 2.05) is 0 Å². The highest BCUT2D eigenvalue weighted by Gasteiger charge is 2.23. The fourth-order valence-electron chi connectivity index (χ4n) is 3.05. The molecule has 2 aromatic rings. The molecule has 1 heterocycles. The molecule has 0 spiro atoms. The second-order valence-electron chi connectivity index (χ2n) is 6.29. The van der Waals surface area contributed by atoms with E-state index in [4.69, 9.17) is 28.8 Å². The van der Waals surface area contributed by atoms with Crippen LogP contribution in [0.5, 0.6) is 23.0 Å². The number of methoxy groups -OCH3 is 4. The highest BCUT2D eigenvalue weighted by Crippen LogP contribution is 2.32. The van der Waals surface area contributed by atoms with Gasteiger partial charge >= 0.3 is 5.97 Å². The molecule has 0 bridgehead atoms. The summed E-state index contributed by atoms with van der Waals surface area (Å²) in [5, 5.41) is 8.78. The van der Waals surface area contributed by atoms with E-state index in [1.54, 1.807) is 42.3 Å². The Labute approximate surface area is 181 Å². The monoisotopic (exact) mass is 433 g/mol. The molecule has 1 saturated heterocycles. The molecule has 0 aromatic heterocycles. The second kappa shape index (κ2) is 11.7. The van der Waals surface area contributed by atoms with Crippen LogP contribution in [-0.2, 0) is 4.74 Å². The van der Waals surface area contributed by atoms with Crippen LogP contribution in [0.1, 0.15) is 20.7 Å². The normalized spacial score (nSPS) is 12.8. The fourth-order valence-corrected chi connectivity index (χ4v) is 3.05. The standard InChI is InChI=1S/C13H17NO4.C9H10O4/c1-16-11-5-3-4-10(12(11)17-2)13(15)14-6-8-18-9-7-14;1-12-7-5-3-4-6(9(10)11)8(7)13-2/h3-5H,6-9H2,1-2H3;3-5H,1-2H3,(H,10,11). The van der Waals surface area contributed by atoms with Crippen molar-refractivity contribution >= 4 is 11.9 Å². The van der Waals surface area contributed by atoms with Gasteiger partial charge < -0.3 is 33.7 Å². The zero-order valence-corrected chi connectivity index (χ0v) is 18.0. The lowest BCUT2D eigenvalue weighted by Gasteiger charge is -2.27. The van der Waals surface area contributed by atoms with Crippen molar-refractivity contribution in [1.29, 1.82) is 0 Å². The lowest BCUT2D eigenvalue weighted by atomic mass is 10.1. The van der Waals surface area contributed by atoms with Crippen molar-refractivity contribution in [3.05, 3.63) is 47.5 Å². The molecule has 0 saturated carbocycles. The van der Waals surface area contributed by atoms with Gasteiger partial charge in [-0.2, -0.15) is 0 Å². The van der Waals surface area contributed by atoms with Gasteiger partial charge in [-0.05, 0) is 24.3 Å². The Morgan fingerprint density at radius 1 is 0.806 bits per heavy atom. The predicted octanol–water partition coefficient (Wildman–Crippen LogP) is 2.58. The summed E-state index contributed by atoms with van der Waals surface area (Å²) in [5.74, 6) is 0.637. The molecule has 0 aliphatic carbocycles. The van der Waals surface area contributed by atoms with Gasteiger partial charge in [0, 0.05) is 13.1 Å². The molecule has 0 atom stereocenters. The Balaban J connectivity index is 0.000000233. The maximum absolute atomic E-state index is 12.4. The summed E-state index contributed by atoms with van der Waals surface area (Å²) in [6, 6.07) is 10.0. The third-order valence-corrected chi connectivity index (χ3v) is 4.57. The number of carbonyl (C=O) groups excluding carboxylic acids is 1. The van der Waals surface area contributed by atoms with Crippen molar-refractivity contribution in [2.75, 3.05) is 54.7 Å². The average Bonchev–Trinajstić information content (AvgIpc) is 2.83. The van der Waals surface area contributed by atoms with Crippen molar-refractivity contribution in [2.24, 2.45) is 0 Å². The Kier molecular flexibility index (Phi) is 8.95. The molecule has 0 unspecified atom stereocenters. The van der Waals surface area contributed by atoms with Crippen molar-refractivity contribution in [1.82, 2.24) is 4.90 Å². The zero-order valence-electron chi connectivity index (χ0n) is 18.0. The minimum atomic E-state index is -1.03. The third kappa shape index (κ3) is 5.79. The lowest BCUT2D eigenvalue weighted by molar-refractivity contribution is 0.0300. The number of nitrogens with zero attached hydrogens (tertiary/aromatic N) is 1. The van der Waals surface area contributed by atoms with Gasteiger partial charge in [0.2, 0.25) is 0 Å². The number of ether oxygens (including phenoxy) is 5. The van der Waals surface area contributed by atoms with E-state index < -0.39 is 5.97 Å². The minimum absolute atomic E-state index is 0.0472. The quantitative estimate of drug-likeness (QED) is 0.741. The van der Waals surface area contributed by atoms with Crippen LogP contribution in [0.15, 0.2) is 36.4 Å². The number of aromatic carboxylic acids is 1. The molecule has 1 aliphatic heterocycles. The lowest BCUT2D eigenvalue weighted by Crippen LogP contribution is -2.40. The van der Waals surface area contributed by atoms with Crippen LogP contribution in [0.4, 0.5) is 0 Å². The number of morpholine rings is 1. The molecular weight excluding hydrogens is 406 g/mol. The van der Waals surface area contributed by atoms with Crippen molar-refractivity contribution < 1.29 is 38.4 Å². The van der Waals surface area contributed by atoms with Gasteiger partial charge in [0.25, 0.3) is 5.91 Å². The van der Waals surface area contributed by atoms with Crippen molar-refractivity contribution in [3.63, 3.8) is 0 Å². The molecule has 31 heavy (non-hydrogen) atoms. The molecule has 0 radical (unpaired) electrons. The Hall–Kier alpha value is -3.46. The summed E-state index contributed by atoms with van der Waals surface area (Å²) in [6.45, 7) is 2.38. The number of carboxylic acid groups (broad SMARTS) is 1. The van der Waals surface area contributed by atoms with Gasteiger partial charge in [-0.15, -0.1) is 0 Å². The van der Waals surface area contributed by atoms with Gasteiger partial charge in [-0.1, -0.05) is 12.1 Å². The van der Waals surface area contributed by atoms with E-state index in [2.05, 4.69) is 0 Å². The first-order chi connectivity index (χ1) is 15.0. The average molecular weight is 433 g/mol. The fraction of sp³-hybridized carbons (Fsp3) is 0.364. The number of carbonyl (C=O) groups is 2. The Morgan fingerprint density at radius 3 is 1.74 bits per heavy atom. The molecule has 1 aliphatic rings. The third-order valence-electron chi connectivity index (χ3n) is 4.57. The van der Waals surface area contributed by atoms with E-state index in [9.17, 15) is 9.59 Å². The first-order valence-corrected chi connectivity index (χ1v) is 9.50. The summed E-state index contributed by atoms with van der Waals surface area (Å²) in [7, 11) is 5.96. The van der Waals surface area contributed by atoms with Crippen LogP contribution in [0.2, 0.25) is 0 Å². The van der Waals surface area contributed by atoms with Gasteiger partial charge in [-0.25, -0.2) is 4.79 Å². The second-order valence-corrected chi connectivity index (χ2v) is 6.29. The summed E-state index contributed by atoms with van der Waals surface area (Å²) < 4.78 is 25.6. The maximum atomic E-state index is 12.4. The molecule has 1 fully saturated rings. The summed E-state index contributed by atoms with van der Waals surface area (Å²) >= 11 is 0. The Bertz CT molecular complexity index is 893. The minimum Gasteiger partial charge on any atom is -0.493 e. The van der Waals surface area contributed by atoms with Crippen LogP contribution >= 0.6 is 0 Å². The van der Waals surface area contributed by atoms with Crippen LogP contribution < -0.4 is 18.9 Å². The van der Waals surface area contributed by atoms with Gasteiger partial charge in [0.15, 0.2) is 23.0 Å². The molecule has 3 rings (SSSR count). The predicted molar refractivity (Wildman–Crippen MR) is 113 cm³/mol. The SMILES string of the molecule is COc1cccc(C(=O)N2CCOCC2)c1OC.COc1cccc(C(=O)O)c1OC. The van der Waals surface area contributed by atoms with Crippen LogP contribution in [0.25, 0.3) is 0 Å².